The highest BCUT2D eigenvalue weighted by Gasteiger charge is 2.51. The van der Waals surface area contributed by atoms with Gasteiger partial charge < -0.3 is 0 Å². The van der Waals surface area contributed by atoms with Gasteiger partial charge in [0.25, 0.3) is 0 Å². The number of hydrogen-bond acceptors (Lipinski definition) is 3. The number of carbonyl (C=O) groups is 1. The van der Waals surface area contributed by atoms with Crippen LogP contribution in [0.2, 0.25) is 0 Å². The number of nitrogens with one attached hydrogen (secondary N) is 1. The normalized spacial score (nSPS) is 16.9. The highest BCUT2D eigenvalue weighted by Crippen LogP contribution is 2.46. The molecular weight excluding hydrogens is 309 g/mol. The van der Waals surface area contributed by atoms with Gasteiger partial charge in [-0.1, -0.05) is 30.3 Å². The quantitative estimate of drug-likeness (QED) is 0.522. The number of alkyl halides is 3. The summed E-state index contributed by atoms with van der Waals surface area (Å²) in [4.78, 5) is 10.6. The predicted molar refractivity (Wildman–Crippen MR) is 76.6 cm³/mol. The summed E-state index contributed by atoms with van der Waals surface area (Å²) in [5.74, 6) is 0. The summed E-state index contributed by atoms with van der Waals surface area (Å²) in [7, 11) is 0. The number of nitrogens with zero attached hydrogens (tertiary/aromatic N) is 3. The van der Waals surface area contributed by atoms with Crippen LogP contribution in [-0.2, 0) is 16.5 Å². The molecule has 0 atom stereocenters. The van der Waals surface area contributed by atoms with Crippen molar-refractivity contribution in [3.05, 3.63) is 53.9 Å². The zero-order chi connectivity index (χ0) is 16.5. The van der Waals surface area contributed by atoms with Crippen LogP contribution in [0.1, 0.15) is 24.1 Å². The maximum Gasteiger partial charge on any atom is 0.435 e. The van der Waals surface area contributed by atoms with Crippen LogP contribution in [-0.4, -0.2) is 21.9 Å². The summed E-state index contributed by atoms with van der Waals surface area (Å²) in [5.41, 5.74) is 1.75. The Morgan fingerprint density at radius 3 is 2.48 bits per heavy atom. The second kappa shape index (κ2) is 5.53. The van der Waals surface area contributed by atoms with E-state index >= 15 is 0 Å². The second-order valence-corrected chi connectivity index (χ2v) is 5.25. The molecule has 1 heterocycles. The number of rotatable bonds is 5. The summed E-state index contributed by atoms with van der Waals surface area (Å²) >= 11 is 0. The van der Waals surface area contributed by atoms with Gasteiger partial charge in [0.05, 0.1) is 5.71 Å². The summed E-state index contributed by atoms with van der Waals surface area (Å²) in [6.45, 7) is 0. The molecule has 1 saturated carbocycles. The third-order valence-corrected chi connectivity index (χ3v) is 3.76. The average molecular weight is 322 g/mol. The maximum atomic E-state index is 12.8. The molecule has 1 aromatic carbocycles. The Hall–Kier alpha value is -2.64. The van der Waals surface area contributed by atoms with Crippen molar-refractivity contribution in [2.75, 3.05) is 0 Å². The minimum Gasteiger partial charge on any atom is -0.277 e. The van der Waals surface area contributed by atoms with Crippen LogP contribution >= 0.6 is 0 Å². The highest BCUT2D eigenvalue weighted by molar-refractivity contribution is 6.07. The van der Waals surface area contributed by atoms with E-state index in [9.17, 15) is 18.0 Å². The van der Waals surface area contributed by atoms with Crippen molar-refractivity contribution >= 4 is 12.1 Å². The Bertz CT molecular complexity index is 733. The molecule has 1 aromatic heterocycles. The van der Waals surface area contributed by atoms with Gasteiger partial charge in [-0.25, -0.2) is 5.43 Å². The number of hydrogen-bond donors (Lipinski definition) is 1. The van der Waals surface area contributed by atoms with E-state index in [0.29, 0.717) is 25.0 Å². The first-order valence-electron chi connectivity index (χ1n) is 6.93. The molecule has 1 amide bonds. The van der Waals surface area contributed by atoms with Crippen LogP contribution in [0.4, 0.5) is 13.2 Å². The highest BCUT2D eigenvalue weighted by atomic mass is 19.4. The van der Waals surface area contributed by atoms with Crippen molar-refractivity contribution in [2.24, 2.45) is 5.10 Å². The topological polar surface area (TPSA) is 59.3 Å². The average Bonchev–Trinajstić information content (AvgIpc) is 3.15. The lowest BCUT2D eigenvalue weighted by Crippen LogP contribution is -2.31. The SMILES string of the molecule is O=CNN=C(c1ccccc1)C1(n2ccc(C(F)(F)F)n2)CC1. The molecule has 0 spiro atoms. The van der Waals surface area contributed by atoms with Crippen LogP contribution in [0.5, 0.6) is 0 Å². The van der Waals surface area contributed by atoms with Crippen LogP contribution in [0.15, 0.2) is 47.7 Å². The predicted octanol–water partition coefficient (Wildman–Crippen LogP) is 2.54. The van der Waals surface area contributed by atoms with E-state index < -0.39 is 17.4 Å². The molecule has 0 saturated heterocycles. The van der Waals surface area contributed by atoms with Crippen LogP contribution < -0.4 is 5.43 Å². The Morgan fingerprint density at radius 2 is 1.96 bits per heavy atom. The van der Waals surface area contributed by atoms with Crippen molar-refractivity contribution in [3.63, 3.8) is 0 Å². The largest absolute Gasteiger partial charge is 0.435 e. The number of aromatic nitrogens is 2. The molecule has 2 aromatic rings. The van der Waals surface area contributed by atoms with Crippen molar-refractivity contribution in [3.8, 4) is 0 Å². The molecule has 1 fully saturated rings. The first-order valence-corrected chi connectivity index (χ1v) is 6.93. The third kappa shape index (κ3) is 2.84. The minimum absolute atomic E-state index is 0.420. The van der Waals surface area contributed by atoms with Gasteiger partial charge in [0, 0.05) is 11.8 Å². The number of halogens is 3. The van der Waals surface area contributed by atoms with Gasteiger partial charge in [-0.05, 0) is 18.9 Å². The van der Waals surface area contributed by atoms with Gasteiger partial charge in [0.15, 0.2) is 5.69 Å². The molecule has 0 bridgehead atoms. The van der Waals surface area contributed by atoms with Crippen molar-refractivity contribution < 1.29 is 18.0 Å². The van der Waals surface area contributed by atoms with Gasteiger partial charge >= 0.3 is 6.18 Å². The zero-order valence-corrected chi connectivity index (χ0v) is 11.9. The fraction of sp³-hybridized carbons (Fsp3) is 0.267. The Morgan fingerprint density at radius 1 is 1.26 bits per heavy atom. The summed E-state index contributed by atoms with van der Waals surface area (Å²) in [5, 5.41) is 7.72. The molecule has 0 radical (unpaired) electrons. The van der Waals surface area contributed by atoms with Gasteiger partial charge in [-0.15, -0.1) is 0 Å². The number of amides is 1. The second-order valence-electron chi connectivity index (χ2n) is 5.25. The van der Waals surface area contributed by atoms with E-state index in [0.717, 1.165) is 11.6 Å². The van der Waals surface area contributed by atoms with E-state index in [2.05, 4.69) is 15.6 Å². The lowest BCUT2D eigenvalue weighted by Gasteiger charge is -2.19. The minimum atomic E-state index is -4.49. The monoisotopic (exact) mass is 322 g/mol. The fourth-order valence-corrected chi connectivity index (χ4v) is 2.53. The van der Waals surface area contributed by atoms with Crippen molar-refractivity contribution in [2.45, 2.75) is 24.6 Å². The molecular formula is C15H13F3N4O. The molecule has 3 rings (SSSR count). The molecule has 1 aliphatic carbocycles. The molecule has 8 heteroatoms. The maximum absolute atomic E-state index is 12.8. The zero-order valence-electron chi connectivity index (χ0n) is 11.9. The van der Waals surface area contributed by atoms with Crippen LogP contribution in [0, 0.1) is 0 Å². The van der Waals surface area contributed by atoms with Crippen molar-refractivity contribution in [1.82, 2.24) is 15.2 Å². The molecule has 23 heavy (non-hydrogen) atoms. The molecule has 5 nitrogen and oxygen atoms in total. The summed E-state index contributed by atoms with van der Waals surface area (Å²) in [6, 6.07) is 9.94. The van der Waals surface area contributed by atoms with Gasteiger partial charge in [-0.2, -0.15) is 23.4 Å². The van der Waals surface area contributed by atoms with E-state index in [1.807, 2.05) is 6.07 Å². The fourth-order valence-electron chi connectivity index (χ4n) is 2.53. The van der Waals surface area contributed by atoms with Gasteiger partial charge in [0.1, 0.15) is 5.54 Å². The Balaban J connectivity index is 2.02. The third-order valence-electron chi connectivity index (χ3n) is 3.76. The first kappa shape index (κ1) is 15.3. The molecule has 0 aliphatic heterocycles. The lowest BCUT2D eigenvalue weighted by atomic mass is 10.0. The number of benzene rings is 1. The van der Waals surface area contributed by atoms with Crippen LogP contribution in [0.25, 0.3) is 0 Å². The van der Waals surface area contributed by atoms with E-state index in [1.165, 1.54) is 10.9 Å². The van der Waals surface area contributed by atoms with Gasteiger partial charge in [0.2, 0.25) is 6.41 Å². The molecule has 1 aliphatic rings. The van der Waals surface area contributed by atoms with Gasteiger partial charge in [-0.3, -0.25) is 9.48 Å². The first-order chi connectivity index (χ1) is 11.0. The lowest BCUT2D eigenvalue weighted by molar-refractivity contribution is -0.141. The van der Waals surface area contributed by atoms with Crippen molar-refractivity contribution in [1.29, 1.82) is 0 Å². The Labute approximate surface area is 129 Å². The summed E-state index contributed by atoms with van der Waals surface area (Å²) < 4.78 is 39.6. The van der Waals surface area contributed by atoms with E-state index in [4.69, 9.17) is 0 Å². The van der Waals surface area contributed by atoms with Crippen LogP contribution in [0.3, 0.4) is 0 Å². The standard InChI is InChI=1S/C15H13F3N4O/c16-15(17,18)12-6-9-22(21-12)14(7-8-14)13(20-19-10-23)11-4-2-1-3-5-11/h1-6,9-10H,7-8H2,(H,19,23). The molecule has 1 N–H and O–H groups in total. The molecule has 120 valence electrons. The smallest absolute Gasteiger partial charge is 0.277 e. The Kier molecular flexibility index (Phi) is 3.67. The summed E-state index contributed by atoms with van der Waals surface area (Å²) in [6.07, 6.45) is -1.58. The number of carbonyl (C=O) groups excluding carboxylic acids is 1. The van der Waals surface area contributed by atoms with E-state index in [1.54, 1.807) is 24.3 Å². The van der Waals surface area contributed by atoms with E-state index in [-0.39, 0.29) is 0 Å². The molecule has 0 unspecified atom stereocenters. The number of hydrazone groups is 1.